The number of benzene rings is 1. The lowest BCUT2D eigenvalue weighted by Gasteiger charge is -2.03. The molecule has 1 aromatic carbocycles. The van der Waals surface area contributed by atoms with E-state index in [1.54, 1.807) is 24.3 Å². The molecule has 0 saturated heterocycles. The van der Waals surface area contributed by atoms with Crippen LogP contribution in [0.25, 0.3) is 0 Å². The van der Waals surface area contributed by atoms with Crippen LogP contribution in [0, 0.1) is 4.91 Å². The number of nitrogens with zero attached hydrogens (tertiary/aromatic N) is 3. The van der Waals surface area contributed by atoms with E-state index in [1.807, 2.05) is 6.07 Å². The third kappa shape index (κ3) is 3.99. The molecule has 0 unspecified atom stereocenters. The minimum Gasteiger partial charge on any atom is -0.480 e. The molecule has 1 aromatic rings. The van der Waals surface area contributed by atoms with Crippen LogP contribution in [0.1, 0.15) is 5.56 Å². The van der Waals surface area contributed by atoms with Gasteiger partial charge in [0.15, 0.2) is 6.54 Å². The lowest BCUT2D eigenvalue weighted by molar-refractivity contribution is -0.138. The number of hydrazone groups is 1. The Kier molecular flexibility index (Phi) is 3.96. The molecule has 6 nitrogen and oxygen atoms in total. The molecule has 0 radical (unpaired) electrons. The van der Waals surface area contributed by atoms with Gasteiger partial charge in [-0.25, -0.2) is 0 Å². The first-order chi connectivity index (χ1) is 7.22. The molecule has 0 bridgehead atoms. The van der Waals surface area contributed by atoms with Crippen LogP contribution in [0.2, 0.25) is 0 Å². The highest BCUT2D eigenvalue weighted by Gasteiger charge is 2.05. The molecule has 0 aliphatic heterocycles. The van der Waals surface area contributed by atoms with Gasteiger partial charge in [0.05, 0.1) is 11.5 Å². The van der Waals surface area contributed by atoms with Crippen molar-refractivity contribution in [1.29, 1.82) is 0 Å². The van der Waals surface area contributed by atoms with Crippen molar-refractivity contribution in [2.75, 3.05) is 6.54 Å². The Morgan fingerprint density at radius 3 is 2.60 bits per heavy atom. The van der Waals surface area contributed by atoms with E-state index in [0.717, 1.165) is 5.56 Å². The summed E-state index contributed by atoms with van der Waals surface area (Å²) in [5.74, 6) is -1.17. The summed E-state index contributed by atoms with van der Waals surface area (Å²) in [5.41, 5.74) is 0.761. The molecule has 0 spiro atoms. The minimum absolute atomic E-state index is 0.549. The SMILES string of the molecule is O=NN(CC(=O)O)/N=C/c1ccccc1. The summed E-state index contributed by atoms with van der Waals surface area (Å²) in [5, 5.41) is 15.0. The van der Waals surface area contributed by atoms with Gasteiger partial charge in [0, 0.05) is 0 Å². The summed E-state index contributed by atoms with van der Waals surface area (Å²) < 4.78 is 0. The first-order valence-electron chi connectivity index (χ1n) is 4.14. The summed E-state index contributed by atoms with van der Waals surface area (Å²) >= 11 is 0. The van der Waals surface area contributed by atoms with Crippen LogP contribution in [0.15, 0.2) is 40.7 Å². The Bertz CT molecular complexity index is 364. The molecular formula is C9H9N3O3. The molecule has 0 aliphatic rings. The maximum Gasteiger partial charge on any atom is 0.327 e. The van der Waals surface area contributed by atoms with Crippen LogP contribution in [0.4, 0.5) is 0 Å². The van der Waals surface area contributed by atoms with Gasteiger partial charge in [-0.3, -0.25) is 4.79 Å². The fraction of sp³-hybridized carbons (Fsp3) is 0.111. The molecule has 1 rings (SSSR count). The quantitative estimate of drug-likeness (QED) is 0.445. The highest BCUT2D eigenvalue weighted by atomic mass is 16.4. The van der Waals surface area contributed by atoms with Gasteiger partial charge in [-0.05, 0) is 5.56 Å². The molecular weight excluding hydrogens is 198 g/mol. The molecule has 0 saturated carbocycles. The number of carboxylic acid groups (broad SMARTS) is 1. The van der Waals surface area contributed by atoms with Gasteiger partial charge < -0.3 is 5.11 Å². The second-order valence-corrected chi connectivity index (χ2v) is 2.66. The number of nitroso groups, excluding NO2 is 1. The lowest BCUT2D eigenvalue weighted by atomic mass is 10.2. The third-order valence-electron chi connectivity index (χ3n) is 1.51. The monoisotopic (exact) mass is 207 g/mol. The molecule has 0 aromatic heterocycles. The topological polar surface area (TPSA) is 82.3 Å². The van der Waals surface area contributed by atoms with Crippen molar-refractivity contribution in [1.82, 2.24) is 5.12 Å². The van der Waals surface area contributed by atoms with Gasteiger partial charge in [0.1, 0.15) is 0 Å². The summed E-state index contributed by atoms with van der Waals surface area (Å²) in [4.78, 5) is 20.4. The maximum absolute atomic E-state index is 10.3. The van der Waals surface area contributed by atoms with Gasteiger partial charge >= 0.3 is 5.97 Å². The average molecular weight is 207 g/mol. The van der Waals surface area contributed by atoms with Crippen molar-refractivity contribution < 1.29 is 9.90 Å². The first-order valence-corrected chi connectivity index (χ1v) is 4.14. The highest BCUT2D eigenvalue weighted by molar-refractivity contribution is 5.79. The van der Waals surface area contributed by atoms with E-state index >= 15 is 0 Å². The number of rotatable bonds is 5. The Balaban J connectivity index is 2.62. The number of hydrogen-bond donors (Lipinski definition) is 1. The Labute approximate surface area is 85.8 Å². The van der Waals surface area contributed by atoms with Crippen LogP contribution < -0.4 is 0 Å². The van der Waals surface area contributed by atoms with Crippen molar-refractivity contribution >= 4 is 12.2 Å². The fourth-order valence-electron chi connectivity index (χ4n) is 0.884. The van der Waals surface area contributed by atoms with E-state index in [1.165, 1.54) is 6.21 Å². The predicted molar refractivity (Wildman–Crippen MR) is 54.2 cm³/mol. The van der Waals surface area contributed by atoms with Gasteiger partial charge in [-0.1, -0.05) is 30.3 Å². The zero-order valence-corrected chi connectivity index (χ0v) is 7.78. The largest absolute Gasteiger partial charge is 0.480 e. The number of hydrogen-bond acceptors (Lipinski definition) is 4. The van der Waals surface area contributed by atoms with Crippen LogP contribution in [-0.2, 0) is 4.79 Å². The summed E-state index contributed by atoms with van der Waals surface area (Å²) in [6.45, 7) is -0.549. The Morgan fingerprint density at radius 1 is 1.40 bits per heavy atom. The molecule has 78 valence electrons. The number of carboxylic acids is 1. The van der Waals surface area contributed by atoms with Crippen molar-refractivity contribution in [2.45, 2.75) is 0 Å². The molecule has 0 amide bonds. The smallest absolute Gasteiger partial charge is 0.327 e. The van der Waals surface area contributed by atoms with E-state index < -0.39 is 12.5 Å². The molecule has 0 atom stereocenters. The van der Waals surface area contributed by atoms with E-state index in [4.69, 9.17) is 5.11 Å². The molecule has 6 heteroatoms. The van der Waals surface area contributed by atoms with Crippen LogP contribution in [-0.4, -0.2) is 29.0 Å². The van der Waals surface area contributed by atoms with Gasteiger partial charge in [0.25, 0.3) is 0 Å². The summed E-state index contributed by atoms with van der Waals surface area (Å²) in [6.07, 6.45) is 1.37. The maximum atomic E-state index is 10.3. The number of aliphatic carboxylic acids is 1. The van der Waals surface area contributed by atoms with Crippen LogP contribution in [0.5, 0.6) is 0 Å². The Hall–Kier alpha value is -2.24. The Morgan fingerprint density at radius 2 is 2.07 bits per heavy atom. The highest BCUT2D eigenvalue weighted by Crippen LogP contribution is 1.96. The first kappa shape index (κ1) is 10.8. The molecule has 0 aliphatic carbocycles. The summed E-state index contributed by atoms with van der Waals surface area (Å²) in [7, 11) is 0. The molecule has 0 fully saturated rings. The fourth-order valence-corrected chi connectivity index (χ4v) is 0.884. The van der Waals surface area contributed by atoms with E-state index in [9.17, 15) is 9.70 Å². The normalized spacial score (nSPS) is 10.1. The minimum atomic E-state index is -1.17. The van der Waals surface area contributed by atoms with Gasteiger partial charge in [-0.2, -0.15) is 5.10 Å². The average Bonchev–Trinajstić information content (AvgIpc) is 2.25. The van der Waals surface area contributed by atoms with E-state index in [0.29, 0.717) is 5.12 Å². The number of carbonyl (C=O) groups is 1. The van der Waals surface area contributed by atoms with Gasteiger partial charge in [0.2, 0.25) is 0 Å². The second kappa shape index (κ2) is 5.48. The molecule has 1 N–H and O–H groups in total. The van der Waals surface area contributed by atoms with Crippen LogP contribution in [0.3, 0.4) is 0 Å². The van der Waals surface area contributed by atoms with E-state index in [-0.39, 0.29) is 0 Å². The predicted octanol–water partition coefficient (Wildman–Crippen LogP) is 1.09. The second-order valence-electron chi connectivity index (χ2n) is 2.66. The molecule has 15 heavy (non-hydrogen) atoms. The van der Waals surface area contributed by atoms with E-state index in [2.05, 4.69) is 10.4 Å². The zero-order chi connectivity index (χ0) is 11.1. The van der Waals surface area contributed by atoms with Crippen molar-refractivity contribution in [3.8, 4) is 0 Å². The van der Waals surface area contributed by atoms with Crippen molar-refractivity contribution in [2.24, 2.45) is 10.4 Å². The zero-order valence-electron chi connectivity index (χ0n) is 7.78. The molecule has 0 heterocycles. The van der Waals surface area contributed by atoms with Gasteiger partial charge in [-0.15, -0.1) is 10.0 Å². The van der Waals surface area contributed by atoms with Crippen LogP contribution >= 0.6 is 0 Å². The van der Waals surface area contributed by atoms with Crippen molar-refractivity contribution in [3.63, 3.8) is 0 Å². The lowest BCUT2D eigenvalue weighted by Crippen LogP contribution is -2.19. The van der Waals surface area contributed by atoms with Crippen molar-refractivity contribution in [3.05, 3.63) is 40.8 Å². The standard InChI is InChI=1S/C9H9N3O3/c13-9(14)7-12(11-15)10-6-8-4-2-1-3-5-8/h1-6H,7H2,(H,13,14)/b10-6+. The third-order valence-corrected chi connectivity index (χ3v) is 1.51. The summed E-state index contributed by atoms with van der Waals surface area (Å²) in [6, 6.07) is 8.99.